The van der Waals surface area contributed by atoms with Crippen LogP contribution in [0.1, 0.15) is 139 Å². The summed E-state index contributed by atoms with van der Waals surface area (Å²) in [6, 6.07) is -1.07. The number of cyclic esters (lactones) is 1. The molecule has 362 valence electrons. The predicted octanol–water partition coefficient (Wildman–Crippen LogP) is 8.28. The van der Waals surface area contributed by atoms with E-state index in [-0.39, 0.29) is 55.1 Å². The van der Waals surface area contributed by atoms with Crippen molar-refractivity contribution >= 4 is 23.4 Å². The molecule has 64 heavy (non-hydrogen) atoms. The minimum Gasteiger partial charge on any atom is -0.460 e. The molecule has 4 rings (SSSR count). The Morgan fingerprint density at radius 3 is 2.25 bits per heavy atom. The fraction of sp³-hybridized carbons (Fsp3) is 0.769. The molecule has 1 amide bonds. The number of fused-ring (bicyclic) bond motifs is 3. The lowest BCUT2D eigenvalue weighted by Crippen LogP contribution is -2.61. The van der Waals surface area contributed by atoms with Gasteiger partial charge in [0.1, 0.15) is 12.1 Å². The van der Waals surface area contributed by atoms with Gasteiger partial charge >= 0.3 is 5.97 Å². The Balaban J connectivity index is 1.68. The summed E-state index contributed by atoms with van der Waals surface area (Å²) in [5.41, 5.74) is 1.39. The molecule has 0 radical (unpaired) electrons. The van der Waals surface area contributed by atoms with Crippen molar-refractivity contribution in [3.63, 3.8) is 0 Å². The van der Waals surface area contributed by atoms with E-state index >= 15 is 0 Å². The van der Waals surface area contributed by atoms with Gasteiger partial charge in [0.05, 0.1) is 30.5 Å². The van der Waals surface area contributed by atoms with E-state index in [1.54, 1.807) is 41.3 Å². The maximum Gasteiger partial charge on any atom is 0.329 e. The fourth-order valence-corrected chi connectivity index (χ4v) is 10.6. The lowest BCUT2D eigenvalue weighted by Gasteiger charge is -2.42. The summed E-state index contributed by atoms with van der Waals surface area (Å²) in [4.78, 5) is 58.2. The van der Waals surface area contributed by atoms with E-state index < -0.39 is 65.7 Å². The first kappa shape index (κ1) is 53.6. The van der Waals surface area contributed by atoms with Crippen LogP contribution in [0.2, 0.25) is 0 Å². The molecule has 12 heteroatoms. The zero-order valence-electron chi connectivity index (χ0n) is 41.0. The first-order valence-electron chi connectivity index (χ1n) is 24.3. The van der Waals surface area contributed by atoms with Crippen LogP contribution in [0, 0.1) is 41.4 Å². The summed E-state index contributed by atoms with van der Waals surface area (Å²) in [5, 5.41) is 23.5. The molecular formula is C52H83NO11. The molecule has 0 aromatic carbocycles. The predicted molar refractivity (Wildman–Crippen MR) is 248 cm³/mol. The number of allylic oxidation sites excluding steroid dienone is 6. The molecule has 2 saturated heterocycles. The van der Waals surface area contributed by atoms with Crippen LogP contribution in [0.3, 0.4) is 0 Å². The largest absolute Gasteiger partial charge is 0.460 e. The fourth-order valence-electron chi connectivity index (χ4n) is 10.6. The van der Waals surface area contributed by atoms with E-state index in [0.717, 1.165) is 31.3 Å². The summed E-state index contributed by atoms with van der Waals surface area (Å²) in [5.74, 6) is -5.36. The number of rotatable bonds is 6. The van der Waals surface area contributed by atoms with Gasteiger partial charge in [0.2, 0.25) is 5.79 Å². The van der Waals surface area contributed by atoms with Gasteiger partial charge in [-0.1, -0.05) is 78.0 Å². The molecule has 2 bridgehead atoms. The molecule has 12 nitrogen and oxygen atoms in total. The van der Waals surface area contributed by atoms with Crippen molar-refractivity contribution < 1.29 is 53.1 Å². The molecule has 0 spiro atoms. The van der Waals surface area contributed by atoms with E-state index in [2.05, 4.69) is 26.8 Å². The minimum absolute atomic E-state index is 0.0799. The van der Waals surface area contributed by atoms with Gasteiger partial charge in [0.25, 0.3) is 11.7 Å². The van der Waals surface area contributed by atoms with Crippen molar-refractivity contribution in [2.24, 2.45) is 41.4 Å². The van der Waals surface area contributed by atoms with Gasteiger partial charge in [-0.2, -0.15) is 0 Å². The van der Waals surface area contributed by atoms with Crippen molar-refractivity contribution in [1.82, 2.24) is 4.90 Å². The van der Waals surface area contributed by atoms with Crippen LogP contribution in [0.4, 0.5) is 0 Å². The van der Waals surface area contributed by atoms with Gasteiger partial charge < -0.3 is 38.8 Å². The molecule has 0 aromatic rings. The number of piperidine rings is 1. The van der Waals surface area contributed by atoms with Gasteiger partial charge in [-0.3, -0.25) is 14.4 Å². The second-order valence-corrected chi connectivity index (χ2v) is 20.2. The standard InChI is InChI=1S/C52H83NO11/c1-32-17-13-12-14-18-34(3)45(61-10)30-41-23-21-39(8)52(59,64-41)49(56)50(57)53-24-16-15-19-42(53)51(58)63-46(37(6)28-40-22-20-35(4)44(29-40)60-9)31-43(54)36(5)27-38(7)48(55)47(62-11)26-33(2)25-32/h12-14,17-18,27,32-33,35,37-42,44-48,55,59H,15-16,19-26,28-31H2,1-11H3/t32-,33-,35-,37-,38?,39-,40+,41+,42+,44-,45+,46+,47+,48-,52-/m1/s1. The first-order chi connectivity index (χ1) is 30.3. The first-order valence-corrected chi connectivity index (χ1v) is 24.3. The Morgan fingerprint density at radius 1 is 0.844 bits per heavy atom. The normalized spacial score (nSPS) is 38.2. The van der Waals surface area contributed by atoms with Crippen LogP contribution in [-0.2, 0) is 42.9 Å². The van der Waals surface area contributed by atoms with Gasteiger partial charge in [-0.05, 0) is 125 Å². The second-order valence-electron chi connectivity index (χ2n) is 20.2. The lowest BCUT2D eigenvalue weighted by molar-refractivity contribution is -0.265. The van der Waals surface area contributed by atoms with Crippen LogP contribution < -0.4 is 0 Å². The molecule has 1 saturated carbocycles. The summed E-state index contributed by atoms with van der Waals surface area (Å²) in [7, 11) is 4.96. The third kappa shape index (κ3) is 14.5. The van der Waals surface area contributed by atoms with Gasteiger partial charge in [0, 0.05) is 52.6 Å². The summed E-state index contributed by atoms with van der Waals surface area (Å²) >= 11 is 0. The van der Waals surface area contributed by atoms with Gasteiger partial charge in [-0.15, -0.1) is 0 Å². The molecule has 3 heterocycles. The van der Waals surface area contributed by atoms with Crippen molar-refractivity contribution in [2.45, 2.75) is 187 Å². The maximum atomic E-state index is 14.4. The van der Waals surface area contributed by atoms with Crippen LogP contribution in [-0.4, -0.2) is 115 Å². The number of aliphatic hydroxyl groups is 2. The van der Waals surface area contributed by atoms with Crippen molar-refractivity contribution in [1.29, 1.82) is 0 Å². The van der Waals surface area contributed by atoms with Crippen LogP contribution in [0.5, 0.6) is 0 Å². The van der Waals surface area contributed by atoms with E-state index in [4.69, 9.17) is 23.7 Å². The zero-order valence-corrected chi connectivity index (χ0v) is 41.0. The van der Waals surface area contributed by atoms with Crippen LogP contribution in [0.25, 0.3) is 0 Å². The molecule has 1 unspecified atom stereocenters. The highest BCUT2D eigenvalue weighted by Gasteiger charge is 2.53. The molecule has 1 aliphatic carbocycles. The average molecular weight is 898 g/mol. The molecule has 4 aliphatic rings. The number of hydrogen-bond donors (Lipinski definition) is 2. The Kier molecular flexibility index (Phi) is 21.1. The molecule has 3 aliphatic heterocycles. The third-order valence-corrected chi connectivity index (χ3v) is 14.9. The lowest BCUT2D eigenvalue weighted by atomic mass is 9.76. The van der Waals surface area contributed by atoms with E-state index in [1.807, 2.05) is 45.1 Å². The minimum atomic E-state index is -2.39. The second kappa shape index (κ2) is 25.2. The molecular weight excluding hydrogens is 815 g/mol. The number of aliphatic hydroxyl groups excluding tert-OH is 1. The number of hydrogen-bond acceptors (Lipinski definition) is 11. The summed E-state index contributed by atoms with van der Waals surface area (Å²) in [6.07, 6.45) is 16.8. The number of ether oxygens (including phenoxy) is 5. The van der Waals surface area contributed by atoms with E-state index in [1.165, 1.54) is 4.90 Å². The number of carbonyl (C=O) groups is 4. The molecule has 3 fully saturated rings. The molecule has 15 atom stereocenters. The number of nitrogens with zero attached hydrogens (tertiary/aromatic N) is 1. The van der Waals surface area contributed by atoms with Crippen LogP contribution >= 0.6 is 0 Å². The third-order valence-electron chi connectivity index (χ3n) is 14.9. The Labute approximate surface area is 384 Å². The van der Waals surface area contributed by atoms with Gasteiger partial charge in [0.15, 0.2) is 5.78 Å². The van der Waals surface area contributed by atoms with Gasteiger partial charge in [-0.25, -0.2) is 4.79 Å². The number of ketones is 2. The van der Waals surface area contributed by atoms with E-state index in [0.29, 0.717) is 62.4 Å². The highest BCUT2D eigenvalue weighted by atomic mass is 16.6. The summed E-state index contributed by atoms with van der Waals surface area (Å²) in [6.45, 7) is 15.9. The smallest absolute Gasteiger partial charge is 0.329 e. The van der Waals surface area contributed by atoms with Crippen LogP contribution in [0.15, 0.2) is 47.6 Å². The zero-order chi connectivity index (χ0) is 47.3. The average Bonchev–Trinajstić information content (AvgIpc) is 3.27. The Bertz CT molecular complexity index is 1670. The number of Topliss-reactive ketones (excluding diaryl/α,β-unsaturated/α-hetero) is 2. The topological polar surface area (TPSA) is 158 Å². The number of methoxy groups -OCH3 is 3. The number of amides is 1. The number of esters is 1. The SMILES string of the molecule is CO[C@H]1C[C@@H]2CC[C@@H](C)[C@@](O)(O2)C(=O)C(=O)N2CCCC[C@H]2C(=O)O[C@H]([C@H](C)C[C@@H]2CC[C@@H](C)[C@H](OC)C2)CC(=O)C(C)=CC(C)[C@@H](O)[C@@H](OC)C[C@H](C)C[C@H](C)C=CC=CC=C1C. The van der Waals surface area contributed by atoms with Crippen molar-refractivity contribution in [2.75, 3.05) is 27.9 Å². The maximum absolute atomic E-state index is 14.4. The molecule has 2 N–H and O–H groups in total. The van der Waals surface area contributed by atoms with E-state index in [9.17, 15) is 29.4 Å². The highest BCUT2D eigenvalue weighted by molar-refractivity contribution is 6.39. The summed E-state index contributed by atoms with van der Waals surface area (Å²) < 4.78 is 30.0. The Morgan fingerprint density at radius 2 is 1.56 bits per heavy atom. The highest BCUT2D eigenvalue weighted by Crippen LogP contribution is 2.38. The van der Waals surface area contributed by atoms with Crippen molar-refractivity contribution in [3.05, 3.63) is 47.6 Å². The molecule has 0 aromatic heterocycles. The van der Waals surface area contributed by atoms with Crippen molar-refractivity contribution in [3.8, 4) is 0 Å². The monoisotopic (exact) mass is 898 g/mol. The Hall–Kier alpha value is -3.00. The quantitative estimate of drug-likeness (QED) is 0.195. The number of carbonyl (C=O) groups excluding carboxylic acids is 4.